The van der Waals surface area contributed by atoms with Crippen LogP contribution in [-0.2, 0) is 4.79 Å². The van der Waals surface area contributed by atoms with Crippen molar-refractivity contribution in [2.75, 3.05) is 13.6 Å². The first-order valence-corrected chi connectivity index (χ1v) is 4.62. The fraction of sp³-hybridized carbons (Fsp3) is 0.889. The predicted octanol–water partition coefficient (Wildman–Crippen LogP) is 0.592. The molecule has 0 aromatic rings. The van der Waals surface area contributed by atoms with Gasteiger partial charge in [-0.3, -0.25) is 4.79 Å². The maximum atomic E-state index is 11.5. The van der Waals surface area contributed by atoms with Crippen molar-refractivity contribution < 1.29 is 4.79 Å². The van der Waals surface area contributed by atoms with Gasteiger partial charge in [0.15, 0.2) is 0 Å². The molecule has 1 rings (SSSR count). The summed E-state index contributed by atoms with van der Waals surface area (Å²) in [5.74, 6) is 0.576. The SMILES string of the molecule is CC(N)CN(C)C(=O)C1CCC1. The topological polar surface area (TPSA) is 46.3 Å². The maximum Gasteiger partial charge on any atom is 0.225 e. The molecule has 0 aromatic carbocycles. The summed E-state index contributed by atoms with van der Waals surface area (Å²) in [5, 5.41) is 0. The van der Waals surface area contributed by atoms with Crippen molar-refractivity contribution in [3.63, 3.8) is 0 Å². The van der Waals surface area contributed by atoms with Gasteiger partial charge in [0, 0.05) is 25.6 Å². The van der Waals surface area contributed by atoms with Crippen LogP contribution in [0, 0.1) is 5.92 Å². The lowest BCUT2D eigenvalue weighted by molar-refractivity contribution is -0.136. The molecule has 1 unspecified atom stereocenters. The van der Waals surface area contributed by atoms with E-state index in [9.17, 15) is 4.79 Å². The number of nitrogens with two attached hydrogens (primary N) is 1. The number of nitrogens with zero attached hydrogens (tertiary/aromatic N) is 1. The lowest BCUT2D eigenvalue weighted by Gasteiger charge is -2.29. The van der Waals surface area contributed by atoms with Gasteiger partial charge in [-0.15, -0.1) is 0 Å². The fourth-order valence-corrected chi connectivity index (χ4v) is 1.49. The second-order valence-electron chi connectivity index (χ2n) is 3.82. The molecule has 2 N–H and O–H groups in total. The molecule has 1 saturated carbocycles. The summed E-state index contributed by atoms with van der Waals surface area (Å²) in [6.45, 7) is 2.60. The zero-order valence-corrected chi connectivity index (χ0v) is 7.92. The van der Waals surface area contributed by atoms with E-state index in [1.165, 1.54) is 6.42 Å². The molecule has 1 atom stereocenters. The van der Waals surface area contributed by atoms with Crippen LogP contribution in [0.4, 0.5) is 0 Å². The van der Waals surface area contributed by atoms with Gasteiger partial charge < -0.3 is 10.6 Å². The molecule has 0 aliphatic heterocycles. The molecule has 0 heterocycles. The molecule has 1 aliphatic carbocycles. The van der Waals surface area contributed by atoms with Crippen molar-refractivity contribution in [2.24, 2.45) is 11.7 Å². The fourth-order valence-electron chi connectivity index (χ4n) is 1.49. The Kier molecular flexibility index (Phi) is 3.09. The van der Waals surface area contributed by atoms with E-state index in [4.69, 9.17) is 5.73 Å². The minimum atomic E-state index is 0.0824. The average molecular weight is 170 g/mol. The van der Waals surface area contributed by atoms with Gasteiger partial charge in [-0.1, -0.05) is 6.42 Å². The first-order chi connectivity index (χ1) is 5.61. The van der Waals surface area contributed by atoms with Crippen molar-refractivity contribution >= 4 is 5.91 Å². The molecule has 0 spiro atoms. The van der Waals surface area contributed by atoms with Gasteiger partial charge in [0.25, 0.3) is 0 Å². The summed E-state index contributed by atoms with van der Waals surface area (Å²) in [6.07, 6.45) is 3.35. The monoisotopic (exact) mass is 170 g/mol. The lowest BCUT2D eigenvalue weighted by atomic mass is 9.84. The Balaban J connectivity index is 2.30. The van der Waals surface area contributed by atoms with Gasteiger partial charge in [-0.25, -0.2) is 0 Å². The number of likely N-dealkylation sites (N-methyl/N-ethyl adjacent to an activating group) is 1. The minimum absolute atomic E-state index is 0.0824. The van der Waals surface area contributed by atoms with Crippen LogP contribution in [0.2, 0.25) is 0 Å². The Morgan fingerprint density at radius 1 is 1.67 bits per heavy atom. The highest BCUT2D eigenvalue weighted by Gasteiger charge is 2.27. The highest BCUT2D eigenvalue weighted by Crippen LogP contribution is 2.27. The van der Waals surface area contributed by atoms with E-state index in [1.807, 2.05) is 14.0 Å². The first kappa shape index (κ1) is 9.52. The van der Waals surface area contributed by atoms with Gasteiger partial charge in [0.05, 0.1) is 0 Å². The van der Waals surface area contributed by atoms with Crippen LogP contribution in [0.25, 0.3) is 0 Å². The van der Waals surface area contributed by atoms with Gasteiger partial charge >= 0.3 is 0 Å². The van der Waals surface area contributed by atoms with Gasteiger partial charge in [0.2, 0.25) is 5.91 Å². The molecule has 1 amide bonds. The second-order valence-corrected chi connectivity index (χ2v) is 3.82. The molecule has 3 nitrogen and oxygen atoms in total. The van der Waals surface area contributed by atoms with E-state index in [1.54, 1.807) is 4.90 Å². The highest BCUT2D eigenvalue weighted by molar-refractivity contribution is 5.79. The van der Waals surface area contributed by atoms with E-state index < -0.39 is 0 Å². The highest BCUT2D eigenvalue weighted by atomic mass is 16.2. The van der Waals surface area contributed by atoms with Crippen molar-refractivity contribution in [2.45, 2.75) is 32.2 Å². The molecule has 0 saturated heterocycles. The summed E-state index contributed by atoms with van der Waals surface area (Å²) >= 11 is 0. The Morgan fingerprint density at radius 2 is 2.25 bits per heavy atom. The zero-order valence-electron chi connectivity index (χ0n) is 7.92. The van der Waals surface area contributed by atoms with Crippen molar-refractivity contribution in [3.8, 4) is 0 Å². The molecule has 1 fully saturated rings. The molecule has 3 heteroatoms. The third-order valence-corrected chi connectivity index (χ3v) is 2.39. The minimum Gasteiger partial charge on any atom is -0.344 e. The maximum absolute atomic E-state index is 11.5. The summed E-state index contributed by atoms with van der Waals surface area (Å²) in [5.41, 5.74) is 5.60. The Labute approximate surface area is 73.9 Å². The quantitative estimate of drug-likeness (QED) is 0.674. The summed E-state index contributed by atoms with van der Waals surface area (Å²) in [7, 11) is 1.84. The van der Waals surface area contributed by atoms with E-state index >= 15 is 0 Å². The Bertz CT molecular complexity index is 164. The van der Waals surface area contributed by atoms with E-state index in [2.05, 4.69) is 0 Å². The van der Waals surface area contributed by atoms with Crippen molar-refractivity contribution in [1.82, 2.24) is 4.90 Å². The third kappa shape index (κ3) is 2.21. The molecule has 0 radical (unpaired) electrons. The summed E-state index contributed by atoms with van der Waals surface area (Å²) in [6, 6.07) is 0.0824. The van der Waals surface area contributed by atoms with Crippen LogP contribution in [0.5, 0.6) is 0 Å². The Morgan fingerprint density at radius 3 is 2.58 bits per heavy atom. The van der Waals surface area contributed by atoms with Crippen LogP contribution in [-0.4, -0.2) is 30.4 Å². The predicted molar refractivity (Wildman–Crippen MR) is 48.6 cm³/mol. The van der Waals surface area contributed by atoms with Gasteiger partial charge in [-0.2, -0.15) is 0 Å². The summed E-state index contributed by atoms with van der Waals surface area (Å²) < 4.78 is 0. The number of rotatable bonds is 3. The molecule has 0 aromatic heterocycles. The smallest absolute Gasteiger partial charge is 0.225 e. The number of amides is 1. The van der Waals surface area contributed by atoms with E-state index in [0.717, 1.165) is 12.8 Å². The lowest BCUT2D eigenvalue weighted by Crippen LogP contribution is -2.41. The van der Waals surface area contributed by atoms with E-state index in [-0.39, 0.29) is 11.9 Å². The molecular formula is C9H18N2O. The first-order valence-electron chi connectivity index (χ1n) is 4.62. The van der Waals surface area contributed by atoms with Gasteiger partial charge in [-0.05, 0) is 19.8 Å². The van der Waals surface area contributed by atoms with Gasteiger partial charge in [0.1, 0.15) is 0 Å². The molecule has 1 aliphatic rings. The van der Waals surface area contributed by atoms with Crippen LogP contribution in [0.15, 0.2) is 0 Å². The largest absolute Gasteiger partial charge is 0.344 e. The molecular weight excluding hydrogens is 152 g/mol. The average Bonchev–Trinajstić information content (AvgIpc) is 1.81. The summed E-state index contributed by atoms with van der Waals surface area (Å²) in [4.78, 5) is 13.3. The Hall–Kier alpha value is -0.570. The van der Waals surface area contributed by atoms with Crippen molar-refractivity contribution in [3.05, 3.63) is 0 Å². The standard InChI is InChI=1S/C9H18N2O/c1-7(10)6-11(2)9(12)8-4-3-5-8/h7-8H,3-6,10H2,1-2H3. The van der Waals surface area contributed by atoms with Crippen LogP contribution < -0.4 is 5.73 Å². The third-order valence-electron chi connectivity index (χ3n) is 2.39. The number of carbonyl (C=O) groups excluding carboxylic acids is 1. The number of hydrogen-bond donors (Lipinski definition) is 1. The van der Waals surface area contributed by atoms with E-state index in [0.29, 0.717) is 12.5 Å². The number of hydrogen-bond acceptors (Lipinski definition) is 2. The normalized spacial score (nSPS) is 19.9. The molecule has 70 valence electrons. The molecule has 0 bridgehead atoms. The second kappa shape index (κ2) is 3.90. The van der Waals surface area contributed by atoms with Crippen LogP contribution >= 0.6 is 0 Å². The van der Waals surface area contributed by atoms with Crippen LogP contribution in [0.3, 0.4) is 0 Å². The number of carbonyl (C=O) groups is 1. The van der Waals surface area contributed by atoms with Crippen molar-refractivity contribution in [1.29, 1.82) is 0 Å². The zero-order chi connectivity index (χ0) is 9.14. The molecule has 12 heavy (non-hydrogen) atoms. The van der Waals surface area contributed by atoms with Crippen LogP contribution in [0.1, 0.15) is 26.2 Å².